The first kappa shape index (κ1) is 31.0. The first-order valence-corrected chi connectivity index (χ1v) is 14.8. The Morgan fingerprint density at radius 3 is 0.872 bits per heavy atom. The van der Waals surface area contributed by atoms with Gasteiger partial charge in [-0.15, -0.1) is 0 Å². The molecule has 0 saturated carbocycles. The number of benzene rings is 3. The molecule has 0 heterocycles. The molecule has 0 bridgehead atoms. The third kappa shape index (κ3) is 8.23. The Morgan fingerprint density at radius 2 is 0.641 bits per heavy atom. The molecule has 0 aromatic heterocycles. The molecule has 212 valence electrons. The topological polar surface area (TPSA) is 3.24 Å². The lowest BCUT2D eigenvalue weighted by atomic mass is 9.72. The zero-order chi connectivity index (χ0) is 29.4. The van der Waals surface area contributed by atoms with Gasteiger partial charge in [0.2, 0.25) is 0 Å². The summed E-state index contributed by atoms with van der Waals surface area (Å²) in [6.07, 6.45) is 2.28. The molecule has 0 N–H and O–H groups in total. The second kappa shape index (κ2) is 10.8. The van der Waals surface area contributed by atoms with Crippen molar-refractivity contribution in [1.82, 2.24) is 0 Å². The lowest BCUT2D eigenvalue weighted by molar-refractivity contribution is 0.283. The van der Waals surface area contributed by atoms with Gasteiger partial charge in [0.05, 0.1) is 0 Å². The Kier molecular flexibility index (Phi) is 8.58. The van der Waals surface area contributed by atoms with Gasteiger partial charge in [0.1, 0.15) is 0 Å². The van der Waals surface area contributed by atoms with Crippen molar-refractivity contribution < 1.29 is 0 Å². The largest absolute Gasteiger partial charge is 0.311 e. The van der Waals surface area contributed by atoms with E-state index in [4.69, 9.17) is 0 Å². The minimum absolute atomic E-state index is 0.121. The van der Waals surface area contributed by atoms with E-state index in [9.17, 15) is 0 Å². The maximum Gasteiger partial charge on any atom is 0.0461 e. The Morgan fingerprint density at radius 1 is 0.385 bits per heavy atom. The quantitative estimate of drug-likeness (QED) is 0.296. The van der Waals surface area contributed by atoms with Crippen molar-refractivity contribution in [2.24, 2.45) is 10.8 Å². The minimum atomic E-state index is 0.121. The smallest absolute Gasteiger partial charge is 0.0461 e. The molecule has 3 rings (SSSR count). The lowest BCUT2D eigenvalue weighted by Gasteiger charge is -2.34. The van der Waals surface area contributed by atoms with E-state index >= 15 is 0 Å². The van der Waals surface area contributed by atoms with Crippen molar-refractivity contribution in [3.63, 3.8) is 0 Å². The molecule has 0 fully saturated rings. The summed E-state index contributed by atoms with van der Waals surface area (Å²) >= 11 is 0. The standard InChI is InChI=1S/C38H55N/c1-34(2,3)26-37(10,11)29-16-22-32(23-17-29)39(31-20-14-28(15-21-31)36(7,8)9)33-24-18-30(19-25-33)38(12,13)27-35(4,5)6/h14-25H,26-27H2,1-13H3. The normalized spacial score (nSPS) is 13.5. The van der Waals surface area contributed by atoms with Crippen molar-refractivity contribution in [3.05, 3.63) is 89.5 Å². The van der Waals surface area contributed by atoms with Crippen molar-refractivity contribution in [2.45, 2.75) is 119 Å². The third-order valence-corrected chi connectivity index (χ3v) is 7.75. The number of anilines is 3. The van der Waals surface area contributed by atoms with Crippen LogP contribution in [0.3, 0.4) is 0 Å². The number of hydrogen-bond acceptors (Lipinski definition) is 1. The van der Waals surface area contributed by atoms with Crippen LogP contribution in [0.15, 0.2) is 72.8 Å². The Bertz CT molecular complexity index is 1130. The predicted molar refractivity (Wildman–Crippen MR) is 174 cm³/mol. The van der Waals surface area contributed by atoms with Crippen LogP contribution in [-0.2, 0) is 16.2 Å². The molecule has 0 amide bonds. The van der Waals surface area contributed by atoms with Gasteiger partial charge in [-0.25, -0.2) is 0 Å². The number of rotatable bonds is 7. The monoisotopic (exact) mass is 525 g/mol. The fourth-order valence-corrected chi connectivity index (χ4v) is 6.54. The maximum atomic E-state index is 2.40. The number of hydrogen-bond donors (Lipinski definition) is 0. The van der Waals surface area contributed by atoms with Gasteiger partial charge in [0.15, 0.2) is 0 Å². The molecule has 0 aliphatic heterocycles. The van der Waals surface area contributed by atoms with Gasteiger partial charge in [-0.1, -0.05) is 126 Å². The number of nitrogens with zero attached hydrogens (tertiary/aromatic N) is 1. The molecule has 0 spiro atoms. The van der Waals surface area contributed by atoms with Crippen LogP contribution in [0.2, 0.25) is 0 Å². The lowest BCUT2D eigenvalue weighted by Crippen LogP contribution is -2.25. The summed E-state index contributed by atoms with van der Waals surface area (Å²) in [7, 11) is 0. The minimum Gasteiger partial charge on any atom is -0.311 e. The van der Waals surface area contributed by atoms with E-state index in [-0.39, 0.29) is 27.1 Å². The first-order valence-electron chi connectivity index (χ1n) is 14.8. The van der Waals surface area contributed by atoms with Gasteiger partial charge >= 0.3 is 0 Å². The molecular formula is C38H55N. The van der Waals surface area contributed by atoms with Crippen LogP contribution in [0.4, 0.5) is 17.1 Å². The molecule has 1 nitrogen and oxygen atoms in total. The summed E-state index contributed by atoms with van der Waals surface area (Å²) in [5.41, 5.74) is 8.64. The summed E-state index contributed by atoms with van der Waals surface area (Å²) < 4.78 is 0. The molecule has 0 saturated heterocycles. The fourth-order valence-electron chi connectivity index (χ4n) is 6.54. The fraction of sp³-hybridized carbons (Fsp3) is 0.526. The highest BCUT2D eigenvalue weighted by Crippen LogP contribution is 2.41. The molecule has 0 radical (unpaired) electrons. The Balaban J connectivity index is 2.05. The summed E-state index contributed by atoms with van der Waals surface area (Å²) in [6, 6.07) is 27.6. The van der Waals surface area contributed by atoms with Gasteiger partial charge in [0.25, 0.3) is 0 Å². The molecule has 0 unspecified atom stereocenters. The van der Waals surface area contributed by atoms with E-state index in [1.54, 1.807) is 0 Å². The summed E-state index contributed by atoms with van der Waals surface area (Å²) in [5, 5.41) is 0. The SMILES string of the molecule is CC(C)(C)CC(C)(C)c1ccc(N(c2ccc(C(C)(C)C)cc2)c2ccc(C(C)(C)CC(C)(C)C)cc2)cc1. The Labute approximate surface area is 241 Å². The third-order valence-electron chi connectivity index (χ3n) is 7.75. The molecule has 0 aliphatic carbocycles. The highest BCUT2D eigenvalue weighted by Gasteiger charge is 2.29. The van der Waals surface area contributed by atoms with Crippen LogP contribution in [0.25, 0.3) is 0 Å². The van der Waals surface area contributed by atoms with Crippen LogP contribution in [0.5, 0.6) is 0 Å². The Hall–Kier alpha value is -2.54. The molecule has 1 heteroatoms. The van der Waals surface area contributed by atoms with Crippen LogP contribution in [0.1, 0.15) is 120 Å². The van der Waals surface area contributed by atoms with E-state index in [0.29, 0.717) is 0 Å². The molecule has 3 aromatic rings. The van der Waals surface area contributed by atoms with E-state index in [1.807, 2.05) is 0 Å². The molecule has 0 aliphatic rings. The van der Waals surface area contributed by atoms with Crippen LogP contribution in [-0.4, -0.2) is 0 Å². The van der Waals surface area contributed by atoms with E-state index in [2.05, 4.69) is 168 Å². The van der Waals surface area contributed by atoms with Gasteiger partial charge in [-0.3, -0.25) is 0 Å². The van der Waals surface area contributed by atoms with Crippen LogP contribution >= 0.6 is 0 Å². The van der Waals surface area contributed by atoms with E-state index < -0.39 is 0 Å². The van der Waals surface area contributed by atoms with Gasteiger partial charge in [-0.2, -0.15) is 0 Å². The second-order valence-electron chi connectivity index (χ2n) is 16.5. The average Bonchev–Trinajstić information content (AvgIpc) is 2.77. The highest BCUT2D eigenvalue weighted by molar-refractivity contribution is 5.77. The second-order valence-corrected chi connectivity index (χ2v) is 16.5. The average molecular weight is 526 g/mol. The molecule has 39 heavy (non-hydrogen) atoms. The zero-order valence-electron chi connectivity index (χ0n) is 27.3. The van der Waals surface area contributed by atoms with Crippen LogP contribution < -0.4 is 4.90 Å². The van der Waals surface area contributed by atoms with E-state index in [1.165, 1.54) is 33.8 Å². The van der Waals surface area contributed by atoms with Gasteiger partial charge in [-0.05, 0) is 93.0 Å². The summed E-state index contributed by atoms with van der Waals surface area (Å²) in [5.74, 6) is 0. The van der Waals surface area contributed by atoms with Crippen molar-refractivity contribution in [3.8, 4) is 0 Å². The van der Waals surface area contributed by atoms with Crippen molar-refractivity contribution in [1.29, 1.82) is 0 Å². The summed E-state index contributed by atoms with van der Waals surface area (Å²) in [4.78, 5) is 2.40. The van der Waals surface area contributed by atoms with Crippen molar-refractivity contribution in [2.75, 3.05) is 4.90 Å². The van der Waals surface area contributed by atoms with Crippen molar-refractivity contribution >= 4 is 17.1 Å². The summed E-state index contributed by atoms with van der Waals surface area (Å²) in [6.45, 7) is 30.3. The molecular weight excluding hydrogens is 470 g/mol. The first-order chi connectivity index (χ1) is 17.7. The zero-order valence-corrected chi connectivity index (χ0v) is 27.3. The van der Waals surface area contributed by atoms with E-state index in [0.717, 1.165) is 12.8 Å². The maximum absolute atomic E-state index is 2.40. The molecule has 0 atom stereocenters. The molecule has 3 aromatic carbocycles. The van der Waals surface area contributed by atoms with Gasteiger partial charge < -0.3 is 4.90 Å². The van der Waals surface area contributed by atoms with Crippen LogP contribution in [0, 0.1) is 10.8 Å². The predicted octanol–water partition coefficient (Wildman–Crippen LogP) is 11.9. The highest BCUT2D eigenvalue weighted by atomic mass is 15.1. The van der Waals surface area contributed by atoms with Gasteiger partial charge in [0, 0.05) is 17.1 Å².